The van der Waals surface area contributed by atoms with Crippen LogP contribution in [-0.4, -0.2) is 24.9 Å². The lowest BCUT2D eigenvalue weighted by molar-refractivity contribution is 0.581. The Kier molecular flexibility index (Phi) is 4.62. The van der Waals surface area contributed by atoms with Gasteiger partial charge in [0.05, 0.1) is 0 Å². The van der Waals surface area contributed by atoms with Gasteiger partial charge in [-0.25, -0.2) is 13.1 Å². The number of nitrogens with one attached hydrogen (secondary N) is 1. The summed E-state index contributed by atoms with van der Waals surface area (Å²) in [4.78, 5) is 7.96. The van der Waals surface area contributed by atoms with Crippen LogP contribution in [0.25, 0.3) is 0 Å². The Hall–Kier alpha value is -1.31. The summed E-state index contributed by atoms with van der Waals surface area (Å²) in [5.41, 5.74) is 0.984. The molecule has 2 aromatic heterocycles. The molecule has 2 rings (SSSR count). The second-order valence-electron chi connectivity index (χ2n) is 3.85. The Morgan fingerprint density at radius 1 is 1.21 bits per heavy atom. The second-order valence-corrected chi connectivity index (χ2v) is 6.53. The third-order valence-corrected chi connectivity index (χ3v) is 4.28. The highest BCUT2D eigenvalue weighted by Gasteiger charge is 2.13. The minimum Gasteiger partial charge on any atom is -0.264 e. The first-order valence-corrected chi connectivity index (χ1v) is 7.85. The Bertz CT molecular complexity index is 647. The van der Waals surface area contributed by atoms with Crippen LogP contribution in [0.15, 0.2) is 52.4 Å². The molecule has 1 N–H and O–H groups in total. The van der Waals surface area contributed by atoms with Crippen molar-refractivity contribution in [3.63, 3.8) is 0 Å². The van der Waals surface area contributed by atoms with Gasteiger partial charge in [0.25, 0.3) is 0 Å². The van der Waals surface area contributed by atoms with Crippen LogP contribution in [0.2, 0.25) is 0 Å². The molecule has 19 heavy (non-hydrogen) atoms. The predicted octanol–water partition coefficient (Wildman–Crippen LogP) is 1.76. The van der Waals surface area contributed by atoms with Crippen LogP contribution in [0.3, 0.4) is 0 Å². The molecule has 7 heteroatoms. The topological polar surface area (TPSA) is 72.0 Å². The van der Waals surface area contributed by atoms with E-state index in [9.17, 15) is 8.42 Å². The Morgan fingerprint density at radius 2 is 2.05 bits per heavy atom. The summed E-state index contributed by atoms with van der Waals surface area (Å²) < 4.78 is 27.1. The molecule has 100 valence electrons. The molecule has 0 radical (unpaired) electrons. The molecule has 0 aromatic carbocycles. The number of halogens is 1. The van der Waals surface area contributed by atoms with Gasteiger partial charge >= 0.3 is 0 Å². The quantitative estimate of drug-likeness (QED) is 0.899. The molecule has 0 bridgehead atoms. The lowest BCUT2D eigenvalue weighted by Gasteiger charge is -2.06. The van der Waals surface area contributed by atoms with Crippen molar-refractivity contribution in [1.29, 1.82) is 0 Å². The van der Waals surface area contributed by atoms with Crippen molar-refractivity contribution in [2.75, 3.05) is 6.54 Å². The summed E-state index contributed by atoms with van der Waals surface area (Å²) in [6.07, 6.45) is 6.84. The molecule has 0 unspecified atom stereocenters. The summed E-state index contributed by atoms with van der Waals surface area (Å²) in [5.74, 6) is 0. The molecular weight excluding hydrogens is 330 g/mol. The Labute approximate surface area is 120 Å². The molecule has 0 saturated carbocycles. The van der Waals surface area contributed by atoms with E-state index in [1.54, 1.807) is 12.4 Å². The second kappa shape index (κ2) is 6.23. The Morgan fingerprint density at radius 3 is 2.74 bits per heavy atom. The van der Waals surface area contributed by atoms with Gasteiger partial charge in [0.2, 0.25) is 10.0 Å². The molecule has 2 heterocycles. The number of nitrogens with zero attached hydrogens (tertiary/aromatic N) is 2. The average Bonchev–Trinajstić information content (AvgIpc) is 2.40. The van der Waals surface area contributed by atoms with Gasteiger partial charge in [-0.1, -0.05) is 6.07 Å². The van der Waals surface area contributed by atoms with Crippen LogP contribution in [0.4, 0.5) is 0 Å². The SMILES string of the molecule is O=S(=O)(NCCc1cccnc1)c1cncc(Br)c1. The third kappa shape index (κ3) is 4.09. The van der Waals surface area contributed by atoms with E-state index in [0.717, 1.165) is 5.56 Å². The van der Waals surface area contributed by atoms with Gasteiger partial charge in [0.1, 0.15) is 4.90 Å². The average molecular weight is 342 g/mol. The molecule has 0 aliphatic carbocycles. The molecule has 0 saturated heterocycles. The van der Waals surface area contributed by atoms with Crippen LogP contribution in [-0.2, 0) is 16.4 Å². The highest BCUT2D eigenvalue weighted by molar-refractivity contribution is 9.10. The van der Waals surface area contributed by atoms with Crippen molar-refractivity contribution >= 4 is 26.0 Å². The van der Waals surface area contributed by atoms with Crippen molar-refractivity contribution < 1.29 is 8.42 Å². The summed E-state index contributed by atoms with van der Waals surface area (Å²) in [7, 11) is -3.52. The van der Waals surface area contributed by atoms with Gasteiger partial charge in [0, 0.05) is 35.8 Å². The zero-order valence-corrected chi connectivity index (χ0v) is 12.4. The van der Waals surface area contributed by atoms with E-state index in [0.29, 0.717) is 17.4 Å². The number of sulfonamides is 1. The first kappa shape index (κ1) is 14.1. The number of rotatable bonds is 5. The first-order valence-electron chi connectivity index (χ1n) is 5.57. The largest absolute Gasteiger partial charge is 0.264 e. The molecule has 0 aliphatic heterocycles. The van der Waals surface area contributed by atoms with Gasteiger partial charge in [-0.05, 0) is 40.0 Å². The number of hydrogen-bond acceptors (Lipinski definition) is 4. The fraction of sp³-hybridized carbons (Fsp3) is 0.167. The highest BCUT2D eigenvalue weighted by atomic mass is 79.9. The predicted molar refractivity (Wildman–Crippen MR) is 75.1 cm³/mol. The van der Waals surface area contributed by atoms with E-state index >= 15 is 0 Å². The highest BCUT2D eigenvalue weighted by Crippen LogP contribution is 2.13. The molecule has 5 nitrogen and oxygen atoms in total. The maximum Gasteiger partial charge on any atom is 0.242 e. The van der Waals surface area contributed by atoms with Crippen molar-refractivity contribution in [2.24, 2.45) is 0 Å². The van der Waals surface area contributed by atoms with Crippen molar-refractivity contribution in [3.05, 3.63) is 53.0 Å². The molecule has 0 aliphatic rings. The first-order chi connectivity index (χ1) is 9.08. The zero-order valence-electron chi connectivity index (χ0n) is 9.95. The summed E-state index contributed by atoms with van der Waals surface area (Å²) in [6, 6.07) is 5.24. The number of hydrogen-bond donors (Lipinski definition) is 1. The van der Waals surface area contributed by atoms with E-state index < -0.39 is 10.0 Å². The van der Waals surface area contributed by atoms with Crippen LogP contribution in [0.1, 0.15) is 5.56 Å². The maximum atomic E-state index is 12.0. The van der Waals surface area contributed by atoms with Crippen molar-refractivity contribution in [3.8, 4) is 0 Å². The van der Waals surface area contributed by atoms with Gasteiger partial charge in [-0.15, -0.1) is 0 Å². The lowest BCUT2D eigenvalue weighted by atomic mass is 10.2. The minimum atomic E-state index is -3.52. The van der Waals surface area contributed by atoms with Crippen LogP contribution >= 0.6 is 15.9 Å². The fourth-order valence-electron chi connectivity index (χ4n) is 1.50. The third-order valence-electron chi connectivity index (χ3n) is 2.42. The van der Waals surface area contributed by atoms with Gasteiger partial charge in [-0.2, -0.15) is 0 Å². The molecule has 2 aromatic rings. The van der Waals surface area contributed by atoms with E-state index in [4.69, 9.17) is 0 Å². The summed E-state index contributed by atoms with van der Waals surface area (Å²) >= 11 is 3.20. The van der Waals surface area contributed by atoms with Crippen LogP contribution < -0.4 is 4.72 Å². The van der Waals surface area contributed by atoms with Crippen LogP contribution in [0, 0.1) is 0 Å². The van der Waals surface area contributed by atoms with Crippen molar-refractivity contribution in [2.45, 2.75) is 11.3 Å². The number of aromatic nitrogens is 2. The lowest BCUT2D eigenvalue weighted by Crippen LogP contribution is -2.26. The molecule has 0 amide bonds. The van der Waals surface area contributed by atoms with Crippen molar-refractivity contribution in [1.82, 2.24) is 14.7 Å². The summed E-state index contributed by atoms with van der Waals surface area (Å²) in [6.45, 7) is 0.320. The molecule has 0 fully saturated rings. The molecule has 0 spiro atoms. The summed E-state index contributed by atoms with van der Waals surface area (Å²) in [5, 5.41) is 0. The van der Waals surface area contributed by atoms with Gasteiger partial charge < -0.3 is 0 Å². The van der Waals surface area contributed by atoms with E-state index in [2.05, 4.69) is 30.6 Å². The molecule has 0 atom stereocenters. The van der Waals surface area contributed by atoms with E-state index in [1.807, 2.05) is 12.1 Å². The smallest absolute Gasteiger partial charge is 0.242 e. The maximum absolute atomic E-state index is 12.0. The fourth-order valence-corrected chi connectivity index (χ4v) is 3.03. The zero-order chi connectivity index (χ0) is 13.7. The van der Waals surface area contributed by atoms with Gasteiger partial charge in [0.15, 0.2) is 0 Å². The Balaban J connectivity index is 1.99. The van der Waals surface area contributed by atoms with Gasteiger partial charge in [-0.3, -0.25) is 9.97 Å². The van der Waals surface area contributed by atoms with E-state index in [-0.39, 0.29) is 4.90 Å². The molecular formula is C12H12BrN3O2S. The minimum absolute atomic E-state index is 0.146. The monoisotopic (exact) mass is 341 g/mol. The van der Waals surface area contributed by atoms with Crippen LogP contribution in [0.5, 0.6) is 0 Å². The number of pyridine rings is 2. The standard InChI is InChI=1S/C12H12BrN3O2S/c13-11-6-12(9-15-8-11)19(17,18)16-5-3-10-2-1-4-14-7-10/h1-2,4,6-9,16H,3,5H2. The van der Waals surface area contributed by atoms with E-state index in [1.165, 1.54) is 18.5 Å². The normalized spacial score (nSPS) is 11.4.